The minimum atomic E-state index is -1.72. The van der Waals surface area contributed by atoms with Gasteiger partial charge in [0.1, 0.15) is 54.9 Å². The van der Waals surface area contributed by atoms with Crippen molar-refractivity contribution in [2.24, 2.45) is 0 Å². The number of rotatable bonds is 40. The fourth-order valence-electron chi connectivity index (χ4n) is 7.54. The first-order valence-electron chi connectivity index (χ1n) is 26.5. The number of allylic oxidation sites excluding steroid dienone is 18. The molecule has 2 fully saturated rings. The van der Waals surface area contributed by atoms with E-state index in [1.54, 1.807) is 0 Å². The molecule has 2 rings (SSSR count). The van der Waals surface area contributed by atoms with E-state index in [0.29, 0.717) is 13.0 Å². The smallest absolute Gasteiger partial charge is 0.306 e. The fourth-order valence-corrected chi connectivity index (χ4v) is 7.54. The normalized spacial score (nSPS) is 26.2. The number of esters is 1. The van der Waals surface area contributed by atoms with Crippen molar-refractivity contribution in [3.05, 3.63) is 109 Å². The number of carbonyl (C=O) groups excluding carboxylic acids is 1. The zero-order chi connectivity index (χ0) is 51.6. The van der Waals surface area contributed by atoms with Gasteiger partial charge in [-0.05, 0) is 96.3 Å². The summed E-state index contributed by atoms with van der Waals surface area (Å²) >= 11 is 0. The maximum Gasteiger partial charge on any atom is 0.306 e. The minimum Gasteiger partial charge on any atom is -0.457 e. The van der Waals surface area contributed by atoms with Gasteiger partial charge in [0, 0.05) is 13.0 Å². The van der Waals surface area contributed by atoms with Crippen molar-refractivity contribution < 1.29 is 69.0 Å². The minimum absolute atomic E-state index is 0.0182. The van der Waals surface area contributed by atoms with E-state index in [9.17, 15) is 40.5 Å². The van der Waals surface area contributed by atoms with Crippen LogP contribution in [0.2, 0.25) is 0 Å². The molecule has 0 amide bonds. The molecule has 14 heteroatoms. The van der Waals surface area contributed by atoms with Crippen LogP contribution < -0.4 is 0 Å². The van der Waals surface area contributed by atoms with Gasteiger partial charge in [-0.15, -0.1) is 0 Å². The Balaban J connectivity index is 1.79. The first-order chi connectivity index (χ1) is 34.6. The molecule has 0 aliphatic carbocycles. The first-order valence-corrected chi connectivity index (χ1v) is 26.5. The lowest BCUT2D eigenvalue weighted by molar-refractivity contribution is -0.332. The van der Waals surface area contributed by atoms with Gasteiger partial charge in [0.2, 0.25) is 0 Å². The maximum atomic E-state index is 13.0. The Morgan fingerprint density at radius 1 is 0.465 bits per heavy atom. The lowest BCUT2D eigenvalue weighted by atomic mass is 9.98. The largest absolute Gasteiger partial charge is 0.457 e. The second kappa shape index (κ2) is 43.1. The van der Waals surface area contributed by atoms with Crippen LogP contribution in [0.25, 0.3) is 0 Å². The molecule has 7 N–H and O–H groups in total. The second-order valence-corrected chi connectivity index (χ2v) is 17.9. The summed E-state index contributed by atoms with van der Waals surface area (Å²) in [7, 11) is 0. The quantitative estimate of drug-likeness (QED) is 0.0175. The van der Waals surface area contributed by atoms with E-state index >= 15 is 0 Å². The van der Waals surface area contributed by atoms with Crippen molar-refractivity contribution in [3.8, 4) is 0 Å². The van der Waals surface area contributed by atoms with Crippen LogP contribution in [0, 0.1) is 0 Å². The van der Waals surface area contributed by atoms with Crippen molar-refractivity contribution in [2.45, 2.75) is 210 Å². The lowest BCUT2D eigenvalue weighted by Crippen LogP contribution is -2.61. The SMILES string of the molecule is CC/C=C\C/C=C\C/C=C\C/C=C\C/C=C\CCCCOCC(COC1OC(COC2OC(CO)C(O)C(O)C2O)C(O)C(O)C1O)OC(=O)CCCCCCCC/C=C\C/C=C\C/C=C\C/C=C\CC. The number of unbranched alkanes of at least 4 members (excludes halogenated alkanes) is 8. The number of hydrogen-bond donors (Lipinski definition) is 7. The molecule has 11 atom stereocenters. The van der Waals surface area contributed by atoms with Crippen molar-refractivity contribution in [1.29, 1.82) is 0 Å². The topological polar surface area (TPSA) is 214 Å². The molecule has 2 aliphatic heterocycles. The lowest BCUT2D eigenvalue weighted by Gasteiger charge is -2.42. The molecule has 404 valence electrons. The first kappa shape index (κ1) is 63.8. The number of aliphatic hydroxyl groups excluding tert-OH is 7. The average molecular weight is 1000 g/mol. The summed E-state index contributed by atoms with van der Waals surface area (Å²) in [4.78, 5) is 13.0. The molecule has 0 saturated carbocycles. The van der Waals surface area contributed by atoms with E-state index in [-0.39, 0.29) is 19.6 Å². The molecule has 2 saturated heterocycles. The molecule has 0 bridgehead atoms. The Labute approximate surface area is 425 Å². The zero-order valence-corrected chi connectivity index (χ0v) is 42.9. The number of aliphatic hydroxyl groups is 7. The molecule has 0 aromatic heterocycles. The second-order valence-electron chi connectivity index (χ2n) is 17.9. The standard InChI is InChI=1S/C57H92O14/c1-3-5-7-9-11-13-15-17-19-21-23-24-26-28-30-32-34-36-38-40-49(59)69-46(43-66-41-39-37-35-33-31-29-27-25-22-20-18-16-14-12-10-8-6-4-2)44-67-56-55(65)53(63)51(61)48(71-56)45-68-57-54(64)52(62)50(60)47(42-58)70-57/h5-8,11-14,17-20,23-25,27,31,33,46-48,50-58,60-65H,3-4,9-10,15-16,21-22,26,28-30,32,34-45H2,1-2H3/b7-5-,8-6-,13-11-,14-12-,19-17-,20-18-,24-23-,27-25-,33-31-. The number of ether oxygens (including phenoxy) is 6. The van der Waals surface area contributed by atoms with Crippen LogP contribution >= 0.6 is 0 Å². The molecule has 11 unspecified atom stereocenters. The summed E-state index contributed by atoms with van der Waals surface area (Å²) in [6, 6.07) is 0. The van der Waals surface area contributed by atoms with Gasteiger partial charge in [0.05, 0.1) is 26.4 Å². The molecular formula is C57H92O14. The molecule has 71 heavy (non-hydrogen) atoms. The van der Waals surface area contributed by atoms with Gasteiger partial charge < -0.3 is 64.2 Å². The molecule has 0 aromatic carbocycles. The Kier molecular flexibility index (Phi) is 38.7. The van der Waals surface area contributed by atoms with Crippen LogP contribution in [-0.2, 0) is 33.2 Å². The van der Waals surface area contributed by atoms with Crippen LogP contribution in [0.5, 0.6) is 0 Å². The van der Waals surface area contributed by atoms with Gasteiger partial charge >= 0.3 is 5.97 Å². The third kappa shape index (κ3) is 30.4. The summed E-state index contributed by atoms with van der Waals surface area (Å²) in [6.07, 6.45) is 41.5. The van der Waals surface area contributed by atoms with Crippen molar-refractivity contribution in [1.82, 2.24) is 0 Å². The fraction of sp³-hybridized carbons (Fsp3) is 0.667. The van der Waals surface area contributed by atoms with E-state index in [2.05, 4.69) is 123 Å². The number of carbonyl (C=O) groups is 1. The summed E-state index contributed by atoms with van der Waals surface area (Å²) in [6.45, 7) is 3.30. The van der Waals surface area contributed by atoms with E-state index < -0.39 is 86.7 Å². The van der Waals surface area contributed by atoms with Gasteiger partial charge in [-0.25, -0.2) is 0 Å². The predicted molar refractivity (Wildman–Crippen MR) is 279 cm³/mol. The van der Waals surface area contributed by atoms with Gasteiger partial charge in [-0.3, -0.25) is 4.79 Å². The number of hydrogen-bond acceptors (Lipinski definition) is 14. The average Bonchev–Trinajstić information content (AvgIpc) is 3.37. The third-order valence-corrected chi connectivity index (χ3v) is 11.8. The Morgan fingerprint density at radius 2 is 0.873 bits per heavy atom. The molecule has 0 radical (unpaired) electrons. The summed E-state index contributed by atoms with van der Waals surface area (Å²) in [5.74, 6) is -0.411. The summed E-state index contributed by atoms with van der Waals surface area (Å²) < 4.78 is 34.2. The molecule has 0 aromatic rings. The highest BCUT2D eigenvalue weighted by atomic mass is 16.7. The monoisotopic (exact) mass is 1000 g/mol. The summed E-state index contributed by atoms with van der Waals surface area (Å²) in [5.41, 5.74) is 0. The van der Waals surface area contributed by atoms with Crippen molar-refractivity contribution >= 4 is 5.97 Å². The van der Waals surface area contributed by atoms with Gasteiger partial charge in [0.25, 0.3) is 0 Å². The maximum absolute atomic E-state index is 13.0. The third-order valence-electron chi connectivity index (χ3n) is 11.8. The van der Waals surface area contributed by atoms with Crippen LogP contribution in [-0.4, -0.2) is 142 Å². The van der Waals surface area contributed by atoms with Crippen LogP contribution in [0.3, 0.4) is 0 Å². The Bertz CT molecular complexity index is 1580. The van der Waals surface area contributed by atoms with Crippen LogP contribution in [0.1, 0.15) is 142 Å². The molecular weight excluding hydrogens is 909 g/mol. The van der Waals surface area contributed by atoms with E-state index in [1.165, 1.54) is 0 Å². The highest BCUT2D eigenvalue weighted by molar-refractivity contribution is 5.69. The summed E-state index contributed by atoms with van der Waals surface area (Å²) in [5, 5.41) is 72.2. The highest BCUT2D eigenvalue weighted by Crippen LogP contribution is 2.26. The highest BCUT2D eigenvalue weighted by Gasteiger charge is 2.47. The van der Waals surface area contributed by atoms with Crippen molar-refractivity contribution in [3.63, 3.8) is 0 Å². The molecule has 14 nitrogen and oxygen atoms in total. The van der Waals surface area contributed by atoms with E-state index in [1.807, 2.05) is 0 Å². The Morgan fingerprint density at radius 3 is 1.37 bits per heavy atom. The Hall–Kier alpha value is -3.35. The van der Waals surface area contributed by atoms with Gasteiger partial charge in [0.15, 0.2) is 12.6 Å². The van der Waals surface area contributed by atoms with Crippen molar-refractivity contribution in [2.75, 3.05) is 33.0 Å². The van der Waals surface area contributed by atoms with Crippen LogP contribution in [0.4, 0.5) is 0 Å². The van der Waals surface area contributed by atoms with Gasteiger partial charge in [-0.2, -0.15) is 0 Å². The van der Waals surface area contributed by atoms with Gasteiger partial charge in [-0.1, -0.05) is 149 Å². The molecule has 2 aliphatic rings. The predicted octanol–water partition coefficient (Wildman–Crippen LogP) is 8.40. The molecule has 2 heterocycles. The zero-order valence-electron chi connectivity index (χ0n) is 42.9. The van der Waals surface area contributed by atoms with E-state index in [4.69, 9.17) is 28.4 Å². The molecule has 0 spiro atoms. The van der Waals surface area contributed by atoms with Crippen LogP contribution in [0.15, 0.2) is 109 Å². The van der Waals surface area contributed by atoms with E-state index in [0.717, 1.165) is 116 Å².